The molecule has 2 nitrogen and oxygen atoms in total. The third-order valence-electron chi connectivity index (χ3n) is 3.29. The fraction of sp³-hybridized carbons (Fsp3) is 0.200. The number of aliphatic hydroxyl groups excluding tert-OH is 1. The first kappa shape index (κ1) is 12.5. The Morgan fingerprint density at radius 3 is 2.84 bits per heavy atom. The van der Waals surface area contributed by atoms with Crippen molar-refractivity contribution in [3.63, 3.8) is 0 Å². The smallest absolute Gasteiger partial charge is 0.130 e. The summed E-state index contributed by atoms with van der Waals surface area (Å²) in [4.78, 5) is 0. The van der Waals surface area contributed by atoms with E-state index < -0.39 is 11.9 Å². The molecule has 0 saturated heterocycles. The van der Waals surface area contributed by atoms with Gasteiger partial charge in [0.25, 0.3) is 0 Å². The van der Waals surface area contributed by atoms with E-state index in [0.717, 1.165) is 17.7 Å². The molecule has 19 heavy (non-hydrogen) atoms. The molecule has 2 aromatic rings. The molecule has 0 saturated carbocycles. The van der Waals surface area contributed by atoms with Gasteiger partial charge in [-0.2, -0.15) is 0 Å². The van der Waals surface area contributed by atoms with Crippen molar-refractivity contribution in [1.82, 2.24) is 0 Å². The molecule has 0 aliphatic carbocycles. The van der Waals surface area contributed by atoms with Gasteiger partial charge in [-0.05, 0) is 35.4 Å². The summed E-state index contributed by atoms with van der Waals surface area (Å²) in [5, 5.41) is 10.6. The first-order valence-electron chi connectivity index (χ1n) is 6.04. The lowest BCUT2D eigenvalue weighted by Crippen LogP contribution is -2.03. The Bertz CT molecular complexity index is 628. The molecule has 1 N–H and O–H groups in total. The number of rotatable bonds is 2. The number of benzene rings is 2. The van der Waals surface area contributed by atoms with Gasteiger partial charge in [-0.1, -0.05) is 23.7 Å². The molecule has 1 atom stereocenters. The van der Waals surface area contributed by atoms with Gasteiger partial charge in [0.15, 0.2) is 0 Å². The van der Waals surface area contributed by atoms with E-state index in [1.807, 2.05) is 12.1 Å². The first-order valence-corrected chi connectivity index (χ1v) is 6.41. The minimum absolute atomic E-state index is 0.225. The molecular weight excluding hydrogens is 267 g/mol. The lowest BCUT2D eigenvalue weighted by Gasteiger charge is -2.13. The van der Waals surface area contributed by atoms with Crippen molar-refractivity contribution in [2.24, 2.45) is 0 Å². The Morgan fingerprint density at radius 2 is 2.05 bits per heavy atom. The minimum Gasteiger partial charge on any atom is -0.493 e. The molecule has 0 bridgehead atoms. The zero-order valence-electron chi connectivity index (χ0n) is 10.1. The van der Waals surface area contributed by atoms with E-state index in [9.17, 15) is 9.50 Å². The summed E-state index contributed by atoms with van der Waals surface area (Å²) in [5.74, 6) is 0.337. The lowest BCUT2D eigenvalue weighted by molar-refractivity contribution is 0.215. The maximum Gasteiger partial charge on any atom is 0.130 e. The van der Waals surface area contributed by atoms with Crippen LogP contribution in [0.25, 0.3) is 0 Å². The summed E-state index contributed by atoms with van der Waals surface area (Å²) in [5.41, 5.74) is 1.93. The van der Waals surface area contributed by atoms with Gasteiger partial charge in [0.05, 0.1) is 6.61 Å². The van der Waals surface area contributed by atoms with Crippen molar-refractivity contribution in [3.8, 4) is 5.75 Å². The molecule has 1 aliphatic heterocycles. The Labute approximate surface area is 115 Å². The number of aliphatic hydroxyl groups is 1. The monoisotopic (exact) mass is 278 g/mol. The van der Waals surface area contributed by atoms with E-state index in [1.165, 1.54) is 12.1 Å². The molecule has 0 spiro atoms. The summed E-state index contributed by atoms with van der Waals surface area (Å²) in [6, 6.07) is 9.71. The van der Waals surface area contributed by atoms with Crippen molar-refractivity contribution >= 4 is 11.6 Å². The van der Waals surface area contributed by atoms with E-state index in [-0.39, 0.29) is 5.56 Å². The number of hydrogen-bond donors (Lipinski definition) is 1. The second kappa shape index (κ2) is 4.83. The van der Waals surface area contributed by atoms with Crippen LogP contribution in [0.1, 0.15) is 22.8 Å². The van der Waals surface area contributed by atoms with E-state index in [1.54, 1.807) is 12.1 Å². The summed E-state index contributed by atoms with van der Waals surface area (Å²) in [6.45, 7) is 0.657. The highest BCUT2D eigenvalue weighted by atomic mass is 35.5. The van der Waals surface area contributed by atoms with Crippen LogP contribution in [0.15, 0.2) is 36.4 Å². The maximum absolute atomic E-state index is 13.8. The maximum atomic E-state index is 13.8. The normalized spacial score (nSPS) is 14.9. The molecule has 1 unspecified atom stereocenters. The van der Waals surface area contributed by atoms with Gasteiger partial charge < -0.3 is 9.84 Å². The van der Waals surface area contributed by atoms with Gasteiger partial charge in [-0.25, -0.2) is 4.39 Å². The number of hydrogen-bond acceptors (Lipinski definition) is 2. The fourth-order valence-electron chi connectivity index (χ4n) is 2.28. The number of fused-ring (bicyclic) bond motifs is 1. The van der Waals surface area contributed by atoms with Crippen LogP contribution in [0.4, 0.5) is 4.39 Å². The van der Waals surface area contributed by atoms with Gasteiger partial charge in [0.2, 0.25) is 0 Å². The summed E-state index contributed by atoms with van der Waals surface area (Å²) >= 11 is 5.71. The van der Waals surface area contributed by atoms with E-state index in [4.69, 9.17) is 16.3 Å². The standard InChI is InChI=1S/C15H12ClFO2/c16-11-2-3-12(13(17)8-11)15(18)10-1-4-14-9(7-10)5-6-19-14/h1-4,7-8,15,18H,5-6H2. The Balaban J connectivity index is 1.97. The Hall–Kier alpha value is -1.58. The molecule has 0 radical (unpaired) electrons. The molecule has 98 valence electrons. The van der Waals surface area contributed by atoms with Gasteiger partial charge >= 0.3 is 0 Å². The Morgan fingerprint density at radius 1 is 1.21 bits per heavy atom. The van der Waals surface area contributed by atoms with Crippen molar-refractivity contribution < 1.29 is 14.2 Å². The molecule has 0 amide bonds. The third kappa shape index (κ3) is 2.31. The lowest BCUT2D eigenvalue weighted by atomic mass is 9.98. The molecule has 4 heteroatoms. The van der Waals surface area contributed by atoms with Crippen LogP contribution in [-0.2, 0) is 6.42 Å². The van der Waals surface area contributed by atoms with E-state index >= 15 is 0 Å². The van der Waals surface area contributed by atoms with Gasteiger partial charge in [-0.15, -0.1) is 0 Å². The third-order valence-corrected chi connectivity index (χ3v) is 3.52. The molecule has 3 rings (SSSR count). The summed E-state index contributed by atoms with van der Waals surface area (Å²) in [6.07, 6.45) is -0.179. The zero-order valence-corrected chi connectivity index (χ0v) is 10.8. The molecule has 0 fully saturated rings. The van der Waals surface area contributed by atoms with Gasteiger partial charge in [0, 0.05) is 17.0 Å². The topological polar surface area (TPSA) is 29.5 Å². The molecule has 0 aromatic heterocycles. The van der Waals surface area contributed by atoms with Crippen molar-refractivity contribution in [2.75, 3.05) is 6.61 Å². The average molecular weight is 279 g/mol. The number of halogens is 2. The van der Waals surface area contributed by atoms with E-state index in [2.05, 4.69) is 0 Å². The SMILES string of the molecule is OC(c1ccc2c(c1)CCO2)c1ccc(Cl)cc1F. The first-order chi connectivity index (χ1) is 9.15. The average Bonchev–Trinajstić information content (AvgIpc) is 2.85. The molecule has 2 aromatic carbocycles. The van der Waals surface area contributed by atoms with Gasteiger partial charge in [0.1, 0.15) is 17.7 Å². The van der Waals surface area contributed by atoms with Crippen molar-refractivity contribution in [2.45, 2.75) is 12.5 Å². The molecular formula is C15H12ClFO2. The number of ether oxygens (including phenoxy) is 1. The predicted octanol–water partition coefficient (Wildman–Crippen LogP) is 3.50. The quantitative estimate of drug-likeness (QED) is 0.911. The van der Waals surface area contributed by atoms with Crippen LogP contribution < -0.4 is 4.74 Å². The highest BCUT2D eigenvalue weighted by Crippen LogP contribution is 2.31. The van der Waals surface area contributed by atoms with Crippen LogP contribution in [0.3, 0.4) is 0 Å². The molecule has 1 aliphatic rings. The summed E-state index contributed by atoms with van der Waals surface area (Å²) < 4.78 is 19.2. The Kier molecular flexibility index (Phi) is 3.17. The van der Waals surface area contributed by atoms with Crippen LogP contribution in [0, 0.1) is 5.82 Å². The van der Waals surface area contributed by atoms with Gasteiger partial charge in [-0.3, -0.25) is 0 Å². The van der Waals surface area contributed by atoms with Crippen LogP contribution in [0.5, 0.6) is 5.75 Å². The second-order valence-electron chi connectivity index (χ2n) is 4.53. The largest absolute Gasteiger partial charge is 0.493 e. The highest BCUT2D eigenvalue weighted by molar-refractivity contribution is 6.30. The highest BCUT2D eigenvalue weighted by Gasteiger charge is 2.19. The summed E-state index contributed by atoms with van der Waals surface area (Å²) in [7, 11) is 0. The van der Waals surface area contributed by atoms with Crippen molar-refractivity contribution in [3.05, 3.63) is 63.9 Å². The minimum atomic E-state index is -0.997. The van der Waals surface area contributed by atoms with Crippen LogP contribution >= 0.6 is 11.6 Å². The van der Waals surface area contributed by atoms with Crippen molar-refractivity contribution in [1.29, 1.82) is 0 Å². The second-order valence-corrected chi connectivity index (χ2v) is 4.97. The predicted molar refractivity (Wildman–Crippen MR) is 71.1 cm³/mol. The zero-order chi connectivity index (χ0) is 13.4. The fourth-order valence-corrected chi connectivity index (χ4v) is 2.44. The van der Waals surface area contributed by atoms with Crippen LogP contribution in [0.2, 0.25) is 5.02 Å². The van der Waals surface area contributed by atoms with Crippen LogP contribution in [-0.4, -0.2) is 11.7 Å². The molecule has 1 heterocycles. The van der Waals surface area contributed by atoms with E-state index in [0.29, 0.717) is 17.2 Å².